The molecule has 1 heterocycles. The molecule has 0 amide bonds. The maximum Gasteiger partial charge on any atom is 0.134 e. The molecule has 17 heavy (non-hydrogen) atoms. The van der Waals surface area contributed by atoms with Crippen LogP contribution in [-0.2, 0) is 17.9 Å². The first kappa shape index (κ1) is 11.9. The van der Waals surface area contributed by atoms with Crippen molar-refractivity contribution in [3.8, 4) is 0 Å². The Balaban J connectivity index is 2.24. The molecule has 2 rings (SSSR count). The fourth-order valence-electron chi connectivity index (χ4n) is 1.80. The molecule has 0 aliphatic rings. The van der Waals surface area contributed by atoms with Gasteiger partial charge in [-0.1, -0.05) is 30.4 Å². The van der Waals surface area contributed by atoms with Crippen LogP contribution in [0.15, 0.2) is 40.8 Å². The van der Waals surface area contributed by atoms with Crippen molar-refractivity contribution in [2.75, 3.05) is 6.61 Å². The molecule has 0 fully saturated rings. The lowest BCUT2D eigenvalue weighted by atomic mass is 10.1. The van der Waals surface area contributed by atoms with Crippen molar-refractivity contribution in [3.05, 3.63) is 47.7 Å². The summed E-state index contributed by atoms with van der Waals surface area (Å²) in [5, 5.41) is 1.09. The highest BCUT2D eigenvalue weighted by molar-refractivity contribution is 5.82. The van der Waals surface area contributed by atoms with Crippen molar-refractivity contribution < 1.29 is 9.15 Å². The van der Waals surface area contributed by atoms with E-state index < -0.39 is 0 Å². The van der Waals surface area contributed by atoms with Crippen molar-refractivity contribution >= 4 is 11.0 Å². The van der Waals surface area contributed by atoms with E-state index in [2.05, 4.69) is 0 Å². The van der Waals surface area contributed by atoms with E-state index in [1.54, 1.807) is 0 Å². The van der Waals surface area contributed by atoms with Gasteiger partial charge < -0.3 is 14.9 Å². The third-order valence-electron chi connectivity index (χ3n) is 2.66. The Labute approximate surface area is 101 Å². The zero-order valence-electron chi connectivity index (χ0n) is 9.98. The first-order valence-electron chi connectivity index (χ1n) is 5.75. The molecule has 2 aromatic rings. The maximum absolute atomic E-state index is 5.68. The van der Waals surface area contributed by atoms with Gasteiger partial charge in [0.05, 0.1) is 19.8 Å². The molecule has 3 nitrogen and oxygen atoms in total. The van der Waals surface area contributed by atoms with Crippen LogP contribution in [0, 0.1) is 0 Å². The van der Waals surface area contributed by atoms with Gasteiger partial charge >= 0.3 is 0 Å². The Hall–Kier alpha value is -1.58. The van der Waals surface area contributed by atoms with Crippen LogP contribution in [0.5, 0.6) is 0 Å². The molecule has 1 aromatic carbocycles. The van der Waals surface area contributed by atoms with Gasteiger partial charge in [-0.3, -0.25) is 0 Å². The van der Waals surface area contributed by atoms with E-state index in [0.717, 1.165) is 22.3 Å². The minimum atomic E-state index is 0.400. The van der Waals surface area contributed by atoms with Crippen LogP contribution >= 0.6 is 0 Å². The van der Waals surface area contributed by atoms with E-state index in [-0.39, 0.29) is 0 Å². The van der Waals surface area contributed by atoms with Gasteiger partial charge in [0.1, 0.15) is 11.3 Å². The molecule has 0 bridgehead atoms. The molecule has 0 atom stereocenters. The summed E-state index contributed by atoms with van der Waals surface area (Å²) < 4.78 is 11.2. The predicted molar refractivity (Wildman–Crippen MR) is 68.6 cm³/mol. The molecular weight excluding hydrogens is 214 g/mol. The van der Waals surface area contributed by atoms with Crippen molar-refractivity contribution in [2.24, 2.45) is 5.73 Å². The third-order valence-corrected chi connectivity index (χ3v) is 2.66. The van der Waals surface area contributed by atoms with E-state index in [1.165, 1.54) is 0 Å². The van der Waals surface area contributed by atoms with Gasteiger partial charge in [0.25, 0.3) is 0 Å². The fraction of sp³-hybridized carbons (Fsp3) is 0.286. The van der Waals surface area contributed by atoms with E-state index in [9.17, 15) is 0 Å². The smallest absolute Gasteiger partial charge is 0.134 e. The van der Waals surface area contributed by atoms with E-state index >= 15 is 0 Å². The van der Waals surface area contributed by atoms with Gasteiger partial charge in [0.15, 0.2) is 0 Å². The zero-order valence-corrected chi connectivity index (χ0v) is 9.98. The molecule has 0 saturated carbocycles. The highest BCUT2D eigenvalue weighted by Crippen LogP contribution is 2.26. The number of furan rings is 1. The highest BCUT2D eigenvalue weighted by atomic mass is 16.5. The number of nitrogens with two attached hydrogens (primary N) is 1. The minimum absolute atomic E-state index is 0.400. The monoisotopic (exact) mass is 231 g/mol. The second-order valence-electron chi connectivity index (χ2n) is 3.79. The van der Waals surface area contributed by atoms with Crippen molar-refractivity contribution in [2.45, 2.75) is 20.1 Å². The molecule has 3 heteroatoms. The number of rotatable bonds is 5. The quantitative estimate of drug-likeness (QED) is 0.635. The average Bonchev–Trinajstić information content (AvgIpc) is 2.73. The number of benzene rings is 1. The molecule has 0 radical (unpaired) electrons. The molecule has 0 saturated heterocycles. The number of allylic oxidation sites excluding steroid dienone is 1. The molecule has 0 spiro atoms. The van der Waals surface area contributed by atoms with Crippen LogP contribution < -0.4 is 5.73 Å². The normalized spacial score (nSPS) is 11.6. The molecule has 0 aliphatic heterocycles. The van der Waals surface area contributed by atoms with Crippen LogP contribution in [0.1, 0.15) is 18.2 Å². The number of hydrogen-bond acceptors (Lipinski definition) is 3. The molecule has 0 unspecified atom stereocenters. The summed E-state index contributed by atoms with van der Waals surface area (Å²) in [6.07, 6.45) is 3.95. The second kappa shape index (κ2) is 5.66. The fourth-order valence-corrected chi connectivity index (χ4v) is 1.80. The van der Waals surface area contributed by atoms with E-state index in [4.69, 9.17) is 14.9 Å². The summed E-state index contributed by atoms with van der Waals surface area (Å²) in [7, 11) is 0. The molecule has 0 aliphatic carbocycles. The summed E-state index contributed by atoms with van der Waals surface area (Å²) in [5.41, 5.74) is 7.62. The third kappa shape index (κ3) is 2.57. The largest absolute Gasteiger partial charge is 0.459 e. The Bertz CT molecular complexity index is 514. The van der Waals surface area contributed by atoms with Gasteiger partial charge in [-0.05, 0) is 13.0 Å². The summed E-state index contributed by atoms with van der Waals surface area (Å²) in [4.78, 5) is 0. The SMILES string of the molecule is C/C=C/COCc1c(CN)oc2ccccc12. The van der Waals surface area contributed by atoms with E-state index in [1.807, 2.05) is 43.3 Å². The first-order chi connectivity index (χ1) is 8.36. The lowest BCUT2D eigenvalue weighted by Gasteiger charge is -2.01. The summed E-state index contributed by atoms with van der Waals surface area (Å²) in [5.74, 6) is 0.812. The Morgan fingerprint density at radius 2 is 2.18 bits per heavy atom. The second-order valence-corrected chi connectivity index (χ2v) is 3.79. The van der Waals surface area contributed by atoms with Crippen LogP contribution in [0.25, 0.3) is 11.0 Å². The topological polar surface area (TPSA) is 48.4 Å². The van der Waals surface area contributed by atoms with Gasteiger partial charge in [-0.25, -0.2) is 0 Å². The summed E-state index contributed by atoms with van der Waals surface area (Å²) in [6.45, 7) is 3.52. The average molecular weight is 231 g/mol. The van der Waals surface area contributed by atoms with E-state index in [0.29, 0.717) is 19.8 Å². The van der Waals surface area contributed by atoms with Crippen LogP contribution in [0.4, 0.5) is 0 Å². The van der Waals surface area contributed by atoms with Crippen molar-refractivity contribution in [1.82, 2.24) is 0 Å². The Kier molecular flexibility index (Phi) is 3.96. The lowest BCUT2D eigenvalue weighted by Crippen LogP contribution is -2.00. The minimum Gasteiger partial charge on any atom is -0.459 e. The molecule has 1 aromatic heterocycles. The number of fused-ring (bicyclic) bond motifs is 1. The van der Waals surface area contributed by atoms with Gasteiger partial charge in [0.2, 0.25) is 0 Å². The Morgan fingerprint density at radius 3 is 2.94 bits per heavy atom. The standard InChI is InChI=1S/C14H17NO2/c1-2-3-8-16-10-12-11-6-4-5-7-13(11)17-14(12)9-15/h2-7H,8-10,15H2,1H3/b3-2+. The zero-order chi connectivity index (χ0) is 12.1. The Morgan fingerprint density at radius 1 is 1.35 bits per heavy atom. The van der Waals surface area contributed by atoms with Crippen LogP contribution in [-0.4, -0.2) is 6.61 Å². The summed E-state index contributed by atoms with van der Waals surface area (Å²) in [6, 6.07) is 7.93. The maximum atomic E-state index is 5.68. The van der Waals surface area contributed by atoms with Gasteiger partial charge in [0, 0.05) is 10.9 Å². The first-order valence-corrected chi connectivity index (χ1v) is 5.75. The molecular formula is C14H17NO2. The van der Waals surface area contributed by atoms with Crippen molar-refractivity contribution in [1.29, 1.82) is 0 Å². The lowest BCUT2D eigenvalue weighted by molar-refractivity contribution is 0.148. The van der Waals surface area contributed by atoms with Gasteiger partial charge in [-0.15, -0.1) is 0 Å². The highest BCUT2D eigenvalue weighted by Gasteiger charge is 2.12. The van der Waals surface area contributed by atoms with Crippen LogP contribution in [0.2, 0.25) is 0 Å². The summed E-state index contributed by atoms with van der Waals surface area (Å²) >= 11 is 0. The van der Waals surface area contributed by atoms with Gasteiger partial charge in [-0.2, -0.15) is 0 Å². The number of ether oxygens (including phenoxy) is 1. The number of hydrogen-bond donors (Lipinski definition) is 1. The number of para-hydroxylation sites is 1. The van der Waals surface area contributed by atoms with Crippen LogP contribution in [0.3, 0.4) is 0 Å². The predicted octanol–water partition coefficient (Wildman–Crippen LogP) is 2.98. The molecule has 90 valence electrons. The van der Waals surface area contributed by atoms with Crippen molar-refractivity contribution in [3.63, 3.8) is 0 Å². The molecule has 2 N–H and O–H groups in total.